The van der Waals surface area contributed by atoms with Crippen LogP contribution in [-0.4, -0.2) is 22.7 Å². The molecule has 2 aromatic carbocycles. The molecule has 0 aliphatic rings. The maximum Gasteiger partial charge on any atom is 0.275 e. The molecule has 3 rings (SSSR count). The van der Waals surface area contributed by atoms with Crippen LogP contribution < -0.4 is 16.2 Å². The zero-order valence-electron chi connectivity index (χ0n) is 17.0. The van der Waals surface area contributed by atoms with E-state index in [1.807, 2.05) is 0 Å². The first-order valence-corrected chi connectivity index (χ1v) is 9.43. The van der Waals surface area contributed by atoms with E-state index >= 15 is 0 Å². The average molecular weight is 396 g/mol. The number of benzene rings is 2. The van der Waals surface area contributed by atoms with Crippen molar-refractivity contribution in [2.45, 2.75) is 33.5 Å². The van der Waals surface area contributed by atoms with Gasteiger partial charge in [-0.1, -0.05) is 51.1 Å². The van der Waals surface area contributed by atoms with Gasteiger partial charge in [0.1, 0.15) is 5.82 Å². The maximum atomic E-state index is 13.3. The fourth-order valence-electron chi connectivity index (χ4n) is 3.39. The van der Waals surface area contributed by atoms with Gasteiger partial charge >= 0.3 is 0 Å². The van der Waals surface area contributed by atoms with Gasteiger partial charge in [0.25, 0.3) is 11.5 Å². The predicted octanol–water partition coefficient (Wildman–Crippen LogP) is 3.23. The molecule has 0 fully saturated rings. The van der Waals surface area contributed by atoms with Crippen LogP contribution in [-0.2, 0) is 6.67 Å². The largest absolute Gasteiger partial charge is 0.354 e. The van der Waals surface area contributed by atoms with Crippen molar-refractivity contribution in [2.24, 2.45) is 5.41 Å². The van der Waals surface area contributed by atoms with Gasteiger partial charge in [-0.05, 0) is 29.2 Å². The van der Waals surface area contributed by atoms with E-state index in [1.165, 1.54) is 23.9 Å². The first-order chi connectivity index (χ1) is 13.7. The smallest absolute Gasteiger partial charge is 0.275 e. The standard InChI is InChI=1S/C22H25FN4O2/c1-22(2,3)19(14-9-11-15(23)12-10-14)25-13-27-21(29)17-8-6-5-7-16(17)18(26-27)20(28)24-4/h5-12,19,25H,13H2,1-4H3,(H,24,28). The third-order valence-corrected chi connectivity index (χ3v) is 4.82. The fraction of sp³-hybridized carbons (Fsp3) is 0.318. The quantitative estimate of drug-likeness (QED) is 0.694. The van der Waals surface area contributed by atoms with Crippen molar-refractivity contribution in [3.05, 3.63) is 76.0 Å². The lowest BCUT2D eigenvalue weighted by Crippen LogP contribution is -2.38. The lowest BCUT2D eigenvalue weighted by Gasteiger charge is -2.32. The van der Waals surface area contributed by atoms with E-state index in [2.05, 4.69) is 36.5 Å². The molecular formula is C22H25FN4O2. The van der Waals surface area contributed by atoms with E-state index in [4.69, 9.17) is 0 Å². The minimum absolute atomic E-state index is 0.104. The summed E-state index contributed by atoms with van der Waals surface area (Å²) in [6, 6.07) is 13.0. The van der Waals surface area contributed by atoms with Gasteiger partial charge in [-0.3, -0.25) is 14.9 Å². The van der Waals surface area contributed by atoms with Gasteiger partial charge in [-0.25, -0.2) is 9.07 Å². The third-order valence-electron chi connectivity index (χ3n) is 4.82. The molecule has 0 aliphatic carbocycles. The van der Waals surface area contributed by atoms with E-state index in [9.17, 15) is 14.0 Å². The lowest BCUT2D eigenvalue weighted by atomic mass is 9.82. The molecule has 29 heavy (non-hydrogen) atoms. The Morgan fingerprint density at radius 3 is 2.31 bits per heavy atom. The lowest BCUT2D eigenvalue weighted by molar-refractivity contribution is 0.0957. The van der Waals surface area contributed by atoms with E-state index < -0.39 is 0 Å². The second-order valence-corrected chi connectivity index (χ2v) is 7.99. The summed E-state index contributed by atoms with van der Waals surface area (Å²) in [5.41, 5.74) is 0.604. The molecule has 152 valence electrons. The number of aromatic nitrogens is 2. The number of rotatable bonds is 5. The molecule has 1 aromatic heterocycles. The Kier molecular flexibility index (Phi) is 5.79. The molecule has 1 amide bonds. The minimum atomic E-state index is -0.360. The number of hydrogen-bond acceptors (Lipinski definition) is 4. The second-order valence-electron chi connectivity index (χ2n) is 7.99. The summed E-state index contributed by atoms with van der Waals surface area (Å²) in [7, 11) is 1.52. The van der Waals surface area contributed by atoms with Crippen LogP contribution in [0.5, 0.6) is 0 Å². The molecule has 7 heteroatoms. The molecule has 3 aromatic rings. The summed E-state index contributed by atoms with van der Waals surface area (Å²) in [6.45, 7) is 6.27. The monoisotopic (exact) mass is 396 g/mol. The summed E-state index contributed by atoms with van der Waals surface area (Å²) in [5, 5.41) is 11.2. The van der Waals surface area contributed by atoms with Crippen LogP contribution in [0.2, 0.25) is 0 Å². The number of nitrogens with zero attached hydrogens (tertiary/aromatic N) is 2. The highest BCUT2D eigenvalue weighted by atomic mass is 19.1. The van der Waals surface area contributed by atoms with Crippen LogP contribution in [0.3, 0.4) is 0 Å². The number of fused-ring (bicyclic) bond motifs is 1. The highest BCUT2D eigenvalue weighted by molar-refractivity contribution is 6.04. The van der Waals surface area contributed by atoms with Gasteiger partial charge in [0.05, 0.1) is 12.1 Å². The Bertz CT molecular complexity index is 1080. The van der Waals surface area contributed by atoms with E-state index in [-0.39, 0.29) is 41.1 Å². The Morgan fingerprint density at radius 2 is 1.72 bits per heavy atom. The average Bonchev–Trinajstić information content (AvgIpc) is 2.69. The molecule has 0 spiro atoms. The van der Waals surface area contributed by atoms with Crippen molar-refractivity contribution < 1.29 is 9.18 Å². The zero-order chi connectivity index (χ0) is 21.2. The Morgan fingerprint density at radius 1 is 1.10 bits per heavy atom. The van der Waals surface area contributed by atoms with Gasteiger partial charge in [-0.15, -0.1) is 0 Å². The van der Waals surface area contributed by atoms with Crippen molar-refractivity contribution in [3.63, 3.8) is 0 Å². The van der Waals surface area contributed by atoms with Gasteiger partial charge in [-0.2, -0.15) is 5.10 Å². The normalized spacial score (nSPS) is 12.7. The highest BCUT2D eigenvalue weighted by Gasteiger charge is 2.26. The van der Waals surface area contributed by atoms with Gasteiger partial charge in [0.2, 0.25) is 0 Å². The predicted molar refractivity (Wildman–Crippen MR) is 111 cm³/mol. The highest BCUT2D eigenvalue weighted by Crippen LogP contribution is 2.32. The number of carbonyl (C=O) groups is 1. The van der Waals surface area contributed by atoms with E-state index in [0.717, 1.165) is 5.56 Å². The summed E-state index contributed by atoms with van der Waals surface area (Å²) < 4.78 is 14.6. The SMILES string of the molecule is CNC(=O)c1nn(CNC(c2ccc(F)cc2)C(C)(C)C)c(=O)c2ccccc12. The van der Waals surface area contributed by atoms with Gasteiger partial charge in [0.15, 0.2) is 5.69 Å². The molecule has 0 aliphatic heterocycles. The number of hydrogen-bond donors (Lipinski definition) is 2. The van der Waals surface area contributed by atoms with Crippen molar-refractivity contribution in [1.82, 2.24) is 20.4 Å². The van der Waals surface area contributed by atoms with E-state index in [1.54, 1.807) is 36.4 Å². The number of halogens is 1. The molecule has 0 bridgehead atoms. The minimum Gasteiger partial charge on any atom is -0.354 e. The van der Waals surface area contributed by atoms with Crippen LogP contribution >= 0.6 is 0 Å². The Hall–Kier alpha value is -3.06. The number of carbonyl (C=O) groups excluding carboxylic acids is 1. The van der Waals surface area contributed by atoms with Crippen molar-refractivity contribution >= 4 is 16.7 Å². The number of nitrogens with one attached hydrogen (secondary N) is 2. The second kappa shape index (κ2) is 8.13. The Labute approximate surface area is 168 Å². The van der Waals surface area contributed by atoms with Crippen molar-refractivity contribution in [2.75, 3.05) is 7.05 Å². The molecule has 1 unspecified atom stereocenters. The summed E-state index contributed by atoms with van der Waals surface area (Å²) in [5.74, 6) is -0.662. The van der Waals surface area contributed by atoms with Crippen LogP contribution in [0.15, 0.2) is 53.3 Å². The molecule has 0 saturated carbocycles. The number of amides is 1. The van der Waals surface area contributed by atoms with Crippen molar-refractivity contribution in [3.8, 4) is 0 Å². The molecule has 1 heterocycles. The van der Waals surface area contributed by atoms with Gasteiger partial charge < -0.3 is 5.32 Å². The maximum absolute atomic E-state index is 13.3. The first-order valence-electron chi connectivity index (χ1n) is 9.43. The molecule has 0 saturated heterocycles. The summed E-state index contributed by atoms with van der Waals surface area (Å²) >= 11 is 0. The topological polar surface area (TPSA) is 76.0 Å². The molecular weight excluding hydrogens is 371 g/mol. The van der Waals surface area contributed by atoms with Gasteiger partial charge in [0, 0.05) is 18.5 Å². The fourth-order valence-corrected chi connectivity index (χ4v) is 3.39. The van der Waals surface area contributed by atoms with Crippen LogP contribution in [0, 0.1) is 11.2 Å². The summed E-state index contributed by atoms with van der Waals surface area (Å²) in [6.07, 6.45) is 0. The van der Waals surface area contributed by atoms with Crippen LogP contribution in [0.25, 0.3) is 10.8 Å². The summed E-state index contributed by atoms with van der Waals surface area (Å²) in [4.78, 5) is 25.2. The molecule has 0 radical (unpaired) electrons. The first kappa shape index (κ1) is 20.7. The van der Waals surface area contributed by atoms with Crippen LogP contribution in [0.1, 0.15) is 42.9 Å². The molecule has 6 nitrogen and oxygen atoms in total. The molecule has 1 atom stereocenters. The zero-order valence-corrected chi connectivity index (χ0v) is 17.0. The molecule has 2 N–H and O–H groups in total. The third kappa shape index (κ3) is 4.35. The van der Waals surface area contributed by atoms with Crippen LogP contribution in [0.4, 0.5) is 4.39 Å². The Balaban J connectivity index is 2.00. The van der Waals surface area contributed by atoms with Crippen molar-refractivity contribution in [1.29, 1.82) is 0 Å². The van der Waals surface area contributed by atoms with E-state index in [0.29, 0.717) is 10.8 Å².